The van der Waals surface area contributed by atoms with E-state index in [0.717, 1.165) is 76.9 Å². The molecule has 0 fully saturated rings. The lowest BCUT2D eigenvalue weighted by Crippen LogP contribution is -2.54. The maximum absolute atomic E-state index is 11.1. The first-order chi connectivity index (χ1) is 25.0. The lowest BCUT2D eigenvalue weighted by molar-refractivity contribution is -0.0865. The van der Waals surface area contributed by atoms with Crippen LogP contribution in [0.1, 0.15) is 72.7 Å². The molecule has 0 spiro atoms. The zero-order valence-corrected chi connectivity index (χ0v) is 31.1. The Morgan fingerprint density at radius 2 is 1.17 bits per heavy atom. The lowest BCUT2D eigenvalue weighted by Gasteiger charge is -2.49. The third-order valence-corrected chi connectivity index (χ3v) is 11.7. The number of phenols is 3. The number of fused-ring (bicyclic) bond motifs is 4. The third kappa shape index (κ3) is 5.13. The van der Waals surface area contributed by atoms with Crippen molar-refractivity contribution >= 4 is 0 Å². The predicted molar refractivity (Wildman–Crippen MR) is 199 cm³/mol. The number of hydrogen-bond donors (Lipinski definition) is 3. The smallest absolute Gasteiger partial charge is 0.169 e. The maximum Gasteiger partial charge on any atom is 0.169 e. The molecule has 3 N–H and O–H groups in total. The van der Waals surface area contributed by atoms with E-state index in [1.165, 1.54) is 18.2 Å². The number of phenolic OH excluding ortho intramolecular Hbond substituents is 3. The summed E-state index contributed by atoms with van der Waals surface area (Å²) < 4.78 is 30.5. The van der Waals surface area contributed by atoms with Crippen molar-refractivity contribution in [1.29, 1.82) is 0 Å². The summed E-state index contributed by atoms with van der Waals surface area (Å²) in [6.45, 7) is 9.03. The zero-order valence-electron chi connectivity index (χ0n) is 31.1. The van der Waals surface area contributed by atoms with Crippen LogP contribution in [0.25, 0.3) is 22.3 Å². The van der Waals surface area contributed by atoms with E-state index >= 15 is 0 Å². The van der Waals surface area contributed by atoms with Gasteiger partial charge in [0, 0.05) is 36.3 Å². The van der Waals surface area contributed by atoms with Crippen molar-refractivity contribution < 1.29 is 39.0 Å². The van der Waals surface area contributed by atoms with Gasteiger partial charge >= 0.3 is 0 Å². The normalized spacial score (nSPS) is 18.8. The number of methoxy groups -OCH3 is 4. The summed E-state index contributed by atoms with van der Waals surface area (Å²) in [6.07, 6.45) is 4.05. The molecule has 0 amide bonds. The number of ether oxygens (including phenoxy) is 5. The van der Waals surface area contributed by atoms with Gasteiger partial charge in [0.2, 0.25) is 0 Å². The summed E-state index contributed by atoms with van der Waals surface area (Å²) in [5.41, 5.74) is 9.51. The molecular weight excluding hydrogens is 660 g/mol. The second-order valence-corrected chi connectivity index (χ2v) is 14.8. The highest BCUT2D eigenvalue weighted by Gasteiger charge is 2.45. The summed E-state index contributed by atoms with van der Waals surface area (Å²) >= 11 is 0. The van der Waals surface area contributed by atoms with Gasteiger partial charge in [0.25, 0.3) is 0 Å². The van der Waals surface area contributed by atoms with Crippen molar-refractivity contribution in [2.75, 3.05) is 48.1 Å². The molecule has 10 nitrogen and oxygen atoms in total. The number of nitrogens with zero attached hydrogens (tertiary/aromatic N) is 2. The Morgan fingerprint density at radius 1 is 0.635 bits per heavy atom. The van der Waals surface area contributed by atoms with E-state index in [9.17, 15) is 15.3 Å². The van der Waals surface area contributed by atoms with Crippen LogP contribution in [-0.4, -0.2) is 78.9 Å². The van der Waals surface area contributed by atoms with Crippen molar-refractivity contribution in [1.82, 2.24) is 9.80 Å². The fourth-order valence-electron chi connectivity index (χ4n) is 9.52. The molecule has 2 aliphatic carbocycles. The molecule has 0 saturated heterocycles. The standard InChI is InChI=1S/C42H48N2O8/c1-8-11-43-12-9-23-19-35(41(51-7)39-27-21-34(49-5)30(45)17-24(27)14-28(43)36(23)39)52-42(2,3)44-13-10-22-16-32(47)40(50-6)38-26-20-33(48-4)31(46)18-25(26)15-29(44)37(22)38/h16-21,28-29,45-47H,8-15H2,1-7H3. The van der Waals surface area contributed by atoms with E-state index in [2.05, 4.69) is 36.6 Å². The van der Waals surface area contributed by atoms with Crippen LogP contribution in [0.3, 0.4) is 0 Å². The number of hydrogen-bond acceptors (Lipinski definition) is 10. The van der Waals surface area contributed by atoms with Crippen molar-refractivity contribution in [3.05, 3.63) is 69.8 Å². The fourth-order valence-corrected chi connectivity index (χ4v) is 9.52. The van der Waals surface area contributed by atoms with E-state index in [-0.39, 0.29) is 29.3 Å². The molecule has 8 rings (SSSR count). The first-order valence-electron chi connectivity index (χ1n) is 18.2. The minimum absolute atomic E-state index is 0.0655. The molecular formula is C42H48N2O8. The number of benzene rings is 4. The van der Waals surface area contributed by atoms with Crippen molar-refractivity contribution in [2.24, 2.45) is 0 Å². The number of aromatic hydroxyl groups is 3. The average Bonchev–Trinajstić information content (AvgIpc) is 3.12. The van der Waals surface area contributed by atoms with Gasteiger partial charge in [-0.15, -0.1) is 0 Å². The van der Waals surface area contributed by atoms with Gasteiger partial charge in [-0.2, -0.15) is 0 Å². The van der Waals surface area contributed by atoms with E-state index in [0.29, 0.717) is 48.1 Å². The Kier molecular flexibility index (Phi) is 8.38. The van der Waals surface area contributed by atoms with Gasteiger partial charge in [-0.1, -0.05) is 6.92 Å². The van der Waals surface area contributed by atoms with Crippen LogP contribution in [0.2, 0.25) is 0 Å². The molecule has 0 radical (unpaired) electrons. The second kappa shape index (κ2) is 12.7. The summed E-state index contributed by atoms with van der Waals surface area (Å²) in [4.78, 5) is 4.94. The van der Waals surface area contributed by atoms with Crippen LogP contribution < -0.4 is 23.7 Å². The quantitative estimate of drug-likeness (QED) is 0.164. The van der Waals surface area contributed by atoms with Gasteiger partial charge in [0.05, 0.1) is 28.4 Å². The molecule has 4 aromatic carbocycles. The molecule has 0 saturated carbocycles. The second-order valence-electron chi connectivity index (χ2n) is 14.8. The van der Waals surface area contributed by atoms with E-state index in [1.54, 1.807) is 27.4 Å². The Morgan fingerprint density at radius 3 is 1.77 bits per heavy atom. The Bertz CT molecular complexity index is 2090. The third-order valence-electron chi connectivity index (χ3n) is 11.7. The molecule has 4 aromatic rings. The SMILES string of the molecule is CCCN1CCc2cc(OC(C)(C)N3CCc4cc(O)c(OC)c5c4C3Cc3cc(O)c(OC)cc3-5)c(OC)c3c2C1Cc1cc(O)c(OC)cc1-3. The molecule has 10 heteroatoms. The topological polar surface area (TPSA) is 113 Å². The minimum Gasteiger partial charge on any atom is -0.504 e. The predicted octanol–water partition coefficient (Wildman–Crippen LogP) is 7.31. The highest BCUT2D eigenvalue weighted by Crippen LogP contribution is 2.57. The lowest BCUT2D eigenvalue weighted by atomic mass is 9.75. The van der Waals surface area contributed by atoms with Crippen LogP contribution in [-0.2, 0) is 25.7 Å². The molecule has 0 aromatic heterocycles. The van der Waals surface area contributed by atoms with Crippen molar-refractivity contribution in [2.45, 2.75) is 70.7 Å². The van der Waals surface area contributed by atoms with Crippen LogP contribution >= 0.6 is 0 Å². The summed E-state index contributed by atoms with van der Waals surface area (Å²) in [5.74, 6) is 2.81. The molecule has 4 aliphatic rings. The highest BCUT2D eigenvalue weighted by molar-refractivity contribution is 5.86. The molecule has 274 valence electrons. The van der Waals surface area contributed by atoms with Crippen LogP contribution in [0.5, 0.6) is 46.0 Å². The highest BCUT2D eigenvalue weighted by atomic mass is 16.5. The molecule has 52 heavy (non-hydrogen) atoms. The summed E-state index contributed by atoms with van der Waals surface area (Å²) in [5, 5.41) is 32.8. The molecule has 2 heterocycles. The van der Waals surface area contributed by atoms with E-state index in [1.807, 2.05) is 24.3 Å². The zero-order chi connectivity index (χ0) is 36.6. The Hall–Kier alpha value is -4.80. The van der Waals surface area contributed by atoms with Crippen LogP contribution in [0.4, 0.5) is 0 Å². The summed E-state index contributed by atoms with van der Waals surface area (Å²) in [6, 6.07) is 11.4. The first kappa shape index (κ1) is 34.3. The van der Waals surface area contributed by atoms with Gasteiger partial charge in [-0.05, 0) is 133 Å². The monoisotopic (exact) mass is 708 g/mol. The van der Waals surface area contributed by atoms with E-state index in [4.69, 9.17) is 23.7 Å². The largest absolute Gasteiger partial charge is 0.504 e. The van der Waals surface area contributed by atoms with Crippen molar-refractivity contribution in [3.63, 3.8) is 0 Å². The Labute approximate surface area is 305 Å². The number of rotatable bonds is 9. The maximum atomic E-state index is 11.1. The van der Waals surface area contributed by atoms with Crippen LogP contribution in [0, 0.1) is 0 Å². The van der Waals surface area contributed by atoms with Gasteiger partial charge in [0.1, 0.15) is 0 Å². The van der Waals surface area contributed by atoms with Gasteiger partial charge < -0.3 is 39.0 Å². The van der Waals surface area contributed by atoms with E-state index < -0.39 is 5.72 Å². The minimum atomic E-state index is -0.822. The van der Waals surface area contributed by atoms with Crippen molar-refractivity contribution in [3.8, 4) is 68.2 Å². The first-order valence-corrected chi connectivity index (χ1v) is 18.2. The van der Waals surface area contributed by atoms with Crippen LogP contribution in [0.15, 0.2) is 36.4 Å². The molecule has 2 atom stereocenters. The van der Waals surface area contributed by atoms with Gasteiger partial charge in [-0.25, -0.2) is 0 Å². The molecule has 2 unspecified atom stereocenters. The fraction of sp³-hybridized carbons (Fsp3) is 0.429. The Balaban J connectivity index is 1.25. The molecule has 0 bridgehead atoms. The average molecular weight is 709 g/mol. The summed E-state index contributed by atoms with van der Waals surface area (Å²) in [7, 11) is 6.38. The van der Waals surface area contributed by atoms with Gasteiger partial charge in [0.15, 0.2) is 51.7 Å². The van der Waals surface area contributed by atoms with Gasteiger partial charge in [-0.3, -0.25) is 9.80 Å². The molecule has 2 aliphatic heterocycles.